The van der Waals surface area contributed by atoms with Crippen molar-refractivity contribution in [3.05, 3.63) is 22.5 Å². The molecule has 1 aromatic heterocycles. The van der Waals surface area contributed by atoms with E-state index < -0.39 is 5.97 Å². The number of carbonyl (C=O) groups is 2. The lowest BCUT2D eigenvalue weighted by atomic mass is 10.1. The van der Waals surface area contributed by atoms with Gasteiger partial charge in [0.2, 0.25) is 0 Å². The highest BCUT2D eigenvalue weighted by Crippen LogP contribution is 2.23. The molecular weight excluding hydrogens is 232 g/mol. The van der Waals surface area contributed by atoms with E-state index in [1.54, 1.807) is 18.7 Å². The number of rotatable bonds is 2. The maximum atomic E-state index is 12.4. The second kappa shape index (κ2) is 4.48. The van der Waals surface area contributed by atoms with Gasteiger partial charge in [0.25, 0.3) is 5.91 Å². The first kappa shape index (κ1) is 12.7. The van der Waals surface area contributed by atoms with Crippen LogP contribution in [-0.4, -0.2) is 40.0 Å². The molecule has 0 aliphatic carbocycles. The minimum absolute atomic E-state index is 0.0573. The Morgan fingerprint density at radius 3 is 2.50 bits per heavy atom. The number of hydrogen-bond acceptors (Lipinski definition) is 2. The summed E-state index contributed by atoms with van der Waals surface area (Å²) in [5.74, 6) is -0.560. The van der Waals surface area contributed by atoms with Crippen LogP contribution in [-0.2, 0) is 0 Å². The number of aromatic amines is 1. The van der Waals surface area contributed by atoms with E-state index in [0.717, 1.165) is 19.5 Å². The zero-order chi connectivity index (χ0) is 13.4. The number of aromatic nitrogens is 1. The molecule has 2 N–H and O–H groups in total. The van der Waals surface area contributed by atoms with E-state index in [0.29, 0.717) is 22.7 Å². The SMILES string of the molecule is Cc1[nH]c(C(=O)O)c(C)c1C(=O)N1CCC(C)C1. The molecule has 1 unspecified atom stereocenters. The van der Waals surface area contributed by atoms with Crippen LogP contribution in [0.2, 0.25) is 0 Å². The summed E-state index contributed by atoms with van der Waals surface area (Å²) >= 11 is 0. The number of carbonyl (C=O) groups excluding carboxylic acids is 1. The van der Waals surface area contributed by atoms with Crippen molar-refractivity contribution in [1.82, 2.24) is 9.88 Å². The molecule has 0 bridgehead atoms. The van der Waals surface area contributed by atoms with Crippen molar-refractivity contribution in [2.24, 2.45) is 5.92 Å². The average Bonchev–Trinajstić information content (AvgIpc) is 2.83. The number of carboxylic acid groups (broad SMARTS) is 1. The largest absolute Gasteiger partial charge is 0.477 e. The molecule has 1 saturated heterocycles. The molecule has 0 radical (unpaired) electrons. The standard InChI is InChI=1S/C13H18N2O3/c1-7-4-5-15(6-7)12(16)10-8(2)11(13(17)18)14-9(10)3/h7,14H,4-6H2,1-3H3,(H,17,18). The molecule has 5 nitrogen and oxygen atoms in total. The van der Waals surface area contributed by atoms with Crippen molar-refractivity contribution in [1.29, 1.82) is 0 Å². The maximum Gasteiger partial charge on any atom is 0.352 e. The number of aromatic carboxylic acids is 1. The van der Waals surface area contributed by atoms with Crippen molar-refractivity contribution >= 4 is 11.9 Å². The Bertz CT molecular complexity index is 505. The number of likely N-dealkylation sites (tertiary alicyclic amines) is 1. The topological polar surface area (TPSA) is 73.4 Å². The minimum Gasteiger partial charge on any atom is -0.477 e. The summed E-state index contributed by atoms with van der Waals surface area (Å²) in [6, 6.07) is 0. The van der Waals surface area contributed by atoms with E-state index in [9.17, 15) is 9.59 Å². The fourth-order valence-electron chi connectivity index (χ4n) is 2.56. The summed E-state index contributed by atoms with van der Waals surface area (Å²) < 4.78 is 0. The molecule has 1 atom stereocenters. The maximum absolute atomic E-state index is 12.4. The Kier molecular flexibility index (Phi) is 3.15. The fraction of sp³-hybridized carbons (Fsp3) is 0.538. The van der Waals surface area contributed by atoms with Crippen LogP contribution < -0.4 is 0 Å². The summed E-state index contributed by atoms with van der Waals surface area (Å²) in [5, 5.41) is 9.04. The lowest BCUT2D eigenvalue weighted by Crippen LogP contribution is -2.29. The Morgan fingerprint density at radius 1 is 1.39 bits per heavy atom. The zero-order valence-electron chi connectivity index (χ0n) is 10.9. The van der Waals surface area contributed by atoms with Gasteiger partial charge in [0.1, 0.15) is 5.69 Å². The Balaban J connectivity index is 2.33. The van der Waals surface area contributed by atoms with Crippen LogP contribution in [0.1, 0.15) is 45.4 Å². The lowest BCUT2D eigenvalue weighted by Gasteiger charge is -2.16. The summed E-state index contributed by atoms with van der Waals surface area (Å²) in [6.45, 7) is 7.05. The van der Waals surface area contributed by atoms with Crippen molar-refractivity contribution in [3.8, 4) is 0 Å². The predicted molar refractivity (Wildman–Crippen MR) is 66.9 cm³/mol. The van der Waals surface area contributed by atoms with Gasteiger partial charge in [-0.1, -0.05) is 6.92 Å². The molecular formula is C13H18N2O3. The van der Waals surface area contributed by atoms with Crippen LogP contribution in [0.25, 0.3) is 0 Å². The quantitative estimate of drug-likeness (QED) is 0.840. The van der Waals surface area contributed by atoms with Crippen LogP contribution in [0.4, 0.5) is 0 Å². The van der Waals surface area contributed by atoms with Crippen LogP contribution in [0.15, 0.2) is 0 Å². The summed E-state index contributed by atoms with van der Waals surface area (Å²) in [5.41, 5.74) is 1.80. The molecule has 1 amide bonds. The van der Waals surface area contributed by atoms with E-state index in [1.807, 2.05) is 0 Å². The molecule has 0 spiro atoms. The third-order valence-electron chi connectivity index (χ3n) is 3.58. The number of nitrogens with one attached hydrogen (secondary N) is 1. The lowest BCUT2D eigenvalue weighted by molar-refractivity contribution is 0.0690. The number of aryl methyl sites for hydroxylation is 1. The third kappa shape index (κ3) is 2.00. The van der Waals surface area contributed by atoms with E-state index in [4.69, 9.17) is 5.11 Å². The summed E-state index contributed by atoms with van der Waals surface area (Å²) in [7, 11) is 0. The highest BCUT2D eigenvalue weighted by molar-refractivity contribution is 6.00. The molecule has 2 heterocycles. The van der Waals surface area contributed by atoms with Crippen LogP contribution in [0.5, 0.6) is 0 Å². The first-order valence-corrected chi connectivity index (χ1v) is 6.13. The monoisotopic (exact) mass is 250 g/mol. The summed E-state index contributed by atoms with van der Waals surface area (Å²) in [4.78, 5) is 28.0. The van der Waals surface area contributed by atoms with Crippen LogP contribution >= 0.6 is 0 Å². The van der Waals surface area contributed by atoms with Gasteiger partial charge in [-0.3, -0.25) is 4.79 Å². The number of carboxylic acids is 1. The fourth-order valence-corrected chi connectivity index (χ4v) is 2.56. The number of H-pyrrole nitrogens is 1. The van der Waals surface area contributed by atoms with Crippen molar-refractivity contribution in [2.45, 2.75) is 27.2 Å². The second-order valence-electron chi connectivity index (χ2n) is 5.08. The Hall–Kier alpha value is -1.78. The summed E-state index contributed by atoms with van der Waals surface area (Å²) in [6.07, 6.45) is 1.01. The molecule has 1 aliphatic heterocycles. The first-order chi connectivity index (χ1) is 8.41. The molecule has 0 saturated carbocycles. The van der Waals surface area contributed by atoms with E-state index in [1.165, 1.54) is 0 Å². The Labute approximate surface area is 106 Å². The number of hydrogen-bond donors (Lipinski definition) is 2. The zero-order valence-corrected chi connectivity index (χ0v) is 10.9. The van der Waals surface area contributed by atoms with Crippen LogP contribution in [0, 0.1) is 19.8 Å². The molecule has 5 heteroatoms. The van der Waals surface area contributed by atoms with E-state index in [-0.39, 0.29) is 11.6 Å². The van der Waals surface area contributed by atoms with E-state index in [2.05, 4.69) is 11.9 Å². The highest BCUT2D eigenvalue weighted by atomic mass is 16.4. The molecule has 18 heavy (non-hydrogen) atoms. The molecule has 1 aliphatic rings. The van der Waals surface area contributed by atoms with Crippen molar-refractivity contribution < 1.29 is 14.7 Å². The first-order valence-electron chi connectivity index (χ1n) is 6.13. The van der Waals surface area contributed by atoms with Crippen molar-refractivity contribution in [3.63, 3.8) is 0 Å². The number of amides is 1. The third-order valence-corrected chi connectivity index (χ3v) is 3.58. The normalized spacial score (nSPS) is 19.3. The van der Waals surface area contributed by atoms with Gasteiger partial charge in [0.05, 0.1) is 5.56 Å². The van der Waals surface area contributed by atoms with Gasteiger partial charge in [-0.2, -0.15) is 0 Å². The second-order valence-corrected chi connectivity index (χ2v) is 5.08. The van der Waals surface area contributed by atoms with Gasteiger partial charge in [-0.05, 0) is 31.7 Å². The van der Waals surface area contributed by atoms with E-state index >= 15 is 0 Å². The molecule has 1 fully saturated rings. The average molecular weight is 250 g/mol. The van der Waals surface area contributed by atoms with Crippen molar-refractivity contribution in [2.75, 3.05) is 13.1 Å². The molecule has 98 valence electrons. The molecule has 1 aromatic rings. The van der Waals surface area contributed by atoms with Gasteiger partial charge in [0, 0.05) is 18.8 Å². The Morgan fingerprint density at radius 2 is 2.06 bits per heavy atom. The van der Waals surface area contributed by atoms with Gasteiger partial charge < -0.3 is 15.0 Å². The smallest absolute Gasteiger partial charge is 0.352 e. The molecule has 0 aromatic carbocycles. The highest BCUT2D eigenvalue weighted by Gasteiger charge is 2.29. The van der Waals surface area contributed by atoms with Gasteiger partial charge in [0.15, 0.2) is 0 Å². The molecule has 2 rings (SSSR count). The minimum atomic E-state index is -1.02. The number of nitrogens with zero attached hydrogens (tertiary/aromatic N) is 1. The van der Waals surface area contributed by atoms with Crippen LogP contribution in [0.3, 0.4) is 0 Å². The van der Waals surface area contributed by atoms with Gasteiger partial charge in [-0.25, -0.2) is 4.79 Å². The van der Waals surface area contributed by atoms with Gasteiger partial charge in [-0.15, -0.1) is 0 Å². The van der Waals surface area contributed by atoms with Gasteiger partial charge >= 0.3 is 5.97 Å². The predicted octanol–water partition coefficient (Wildman–Crippen LogP) is 1.81.